The lowest BCUT2D eigenvalue weighted by atomic mass is 10.4. The van der Waals surface area contributed by atoms with Crippen LogP contribution in [0, 0.1) is 0 Å². The monoisotopic (exact) mass is 506 g/mol. The van der Waals surface area contributed by atoms with E-state index in [1.807, 2.05) is 27.9 Å². The van der Waals surface area contributed by atoms with Gasteiger partial charge in [-0.15, -0.1) is 0 Å². The molecule has 0 unspecified atom stereocenters. The Morgan fingerprint density at radius 1 is 0.545 bits per heavy atom. The molecule has 0 rings (SSSR count). The van der Waals surface area contributed by atoms with Gasteiger partial charge in [0.25, 0.3) is 0 Å². The van der Waals surface area contributed by atoms with Crippen molar-refractivity contribution in [2.75, 3.05) is 66.2 Å². The second-order valence-corrected chi connectivity index (χ2v) is 16.0. The fourth-order valence-corrected chi connectivity index (χ4v) is 11.2. The molecule has 8 heteroatoms. The Morgan fingerprint density at radius 2 is 0.970 bits per heavy atom. The minimum atomic E-state index is -2.58. The molecule has 0 N–H and O–H groups in total. The van der Waals surface area contributed by atoms with E-state index in [1.54, 1.807) is 0 Å². The number of rotatable bonds is 24. The first kappa shape index (κ1) is 33.2. The Morgan fingerprint density at radius 3 is 1.30 bits per heavy atom. The van der Waals surface area contributed by atoms with Gasteiger partial charge in [0, 0.05) is 52.6 Å². The number of nitrogens with zero attached hydrogens (tertiary/aromatic N) is 2. The average Bonchev–Trinajstić information content (AvgIpc) is 2.82. The molecule has 0 aliphatic rings. The first-order valence-electron chi connectivity index (χ1n) is 13.9. The van der Waals surface area contributed by atoms with E-state index in [0.29, 0.717) is 19.8 Å². The average molecular weight is 507 g/mol. The van der Waals surface area contributed by atoms with Gasteiger partial charge in [-0.05, 0) is 58.5 Å². The van der Waals surface area contributed by atoms with Crippen molar-refractivity contribution in [3.05, 3.63) is 0 Å². The van der Waals surface area contributed by atoms with Crippen LogP contribution in [0.1, 0.15) is 74.1 Å². The molecule has 0 radical (unpaired) electrons. The van der Waals surface area contributed by atoms with Gasteiger partial charge < -0.3 is 27.5 Å². The largest absolute Gasteiger partial charge is 0.502 e. The summed E-state index contributed by atoms with van der Waals surface area (Å²) < 4.78 is 24.5. The summed E-state index contributed by atoms with van der Waals surface area (Å²) in [6.45, 7) is 23.6. The van der Waals surface area contributed by atoms with Crippen molar-refractivity contribution >= 4 is 17.1 Å². The molecule has 6 nitrogen and oxygen atoms in total. The lowest BCUT2D eigenvalue weighted by Crippen LogP contribution is -2.49. The summed E-state index contributed by atoms with van der Waals surface area (Å²) in [5.41, 5.74) is 0. The highest BCUT2D eigenvalue weighted by molar-refractivity contribution is 6.73. The highest BCUT2D eigenvalue weighted by atomic mass is 28.4. The van der Waals surface area contributed by atoms with Gasteiger partial charge >= 0.3 is 8.80 Å². The maximum atomic E-state index is 6.29. The molecule has 0 bridgehead atoms. The van der Waals surface area contributed by atoms with Crippen LogP contribution in [0.5, 0.6) is 0 Å². The third-order valence-corrected chi connectivity index (χ3v) is 14.3. The molecular weight excluding hydrogens is 448 g/mol. The maximum absolute atomic E-state index is 6.29. The topological polar surface area (TPSA) is 43.4 Å². The minimum absolute atomic E-state index is 0.642. The molecule has 0 fully saturated rings. The van der Waals surface area contributed by atoms with E-state index in [9.17, 15) is 0 Å². The molecule has 0 atom stereocenters. The highest BCUT2D eigenvalue weighted by Crippen LogP contribution is 2.27. The zero-order valence-corrected chi connectivity index (χ0v) is 25.5. The van der Waals surface area contributed by atoms with Crippen LogP contribution in [0.3, 0.4) is 0 Å². The Labute approximate surface area is 209 Å². The lowest BCUT2D eigenvalue weighted by Gasteiger charge is -2.34. The van der Waals surface area contributed by atoms with Crippen molar-refractivity contribution in [2.24, 2.45) is 0 Å². The first-order chi connectivity index (χ1) is 15.9. The van der Waals surface area contributed by atoms with Crippen molar-refractivity contribution in [3.63, 3.8) is 0 Å². The van der Waals surface area contributed by atoms with E-state index in [2.05, 4.69) is 37.5 Å². The number of hydrogen-bond acceptors (Lipinski definition) is 6. The summed E-state index contributed by atoms with van der Waals surface area (Å²) in [4.78, 5) is 5.15. The predicted octanol–water partition coefficient (Wildman–Crippen LogP) is 5.87. The Balaban J connectivity index is 4.88. The molecule has 0 aromatic heterocycles. The number of hydrogen-bond donors (Lipinski definition) is 0. The molecule has 0 spiro atoms. The van der Waals surface area contributed by atoms with Crippen LogP contribution in [0.25, 0.3) is 0 Å². The molecule has 0 aromatic rings. The summed E-state index contributed by atoms with van der Waals surface area (Å²) in [6, 6.07) is 4.75. The van der Waals surface area contributed by atoms with E-state index < -0.39 is 17.1 Å². The molecule has 0 amide bonds. The summed E-state index contributed by atoms with van der Waals surface area (Å²) >= 11 is 0. The normalized spacial score (nSPS) is 12.9. The Kier molecular flexibility index (Phi) is 20.5. The summed E-state index contributed by atoms with van der Waals surface area (Å²) in [5.74, 6) is 0. The van der Waals surface area contributed by atoms with E-state index in [0.717, 1.165) is 45.3 Å². The van der Waals surface area contributed by atoms with Gasteiger partial charge in [-0.1, -0.05) is 53.4 Å². The maximum Gasteiger partial charge on any atom is 0.502 e. The van der Waals surface area contributed by atoms with E-state index >= 15 is 0 Å². The van der Waals surface area contributed by atoms with Crippen LogP contribution in [-0.4, -0.2) is 93.1 Å². The summed E-state index contributed by atoms with van der Waals surface area (Å²) in [7, 11) is -2.21. The van der Waals surface area contributed by atoms with Crippen molar-refractivity contribution < 1.29 is 17.7 Å². The van der Waals surface area contributed by atoms with Crippen LogP contribution in [0.15, 0.2) is 0 Å². The van der Waals surface area contributed by atoms with Crippen LogP contribution in [0.2, 0.25) is 24.2 Å². The van der Waals surface area contributed by atoms with Gasteiger partial charge in [0.15, 0.2) is 8.32 Å². The second kappa shape index (κ2) is 20.4. The van der Waals surface area contributed by atoms with Crippen molar-refractivity contribution in [1.29, 1.82) is 0 Å². The zero-order chi connectivity index (χ0) is 25.0. The fourth-order valence-electron chi connectivity index (χ4n) is 4.48. The summed E-state index contributed by atoms with van der Waals surface area (Å²) in [5, 5.41) is 0. The van der Waals surface area contributed by atoms with E-state index in [-0.39, 0.29) is 0 Å². The van der Waals surface area contributed by atoms with Crippen molar-refractivity contribution in [1.82, 2.24) is 9.80 Å². The first-order valence-corrected chi connectivity index (χ1v) is 18.3. The standard InChI is InChI=1S/C25H58N2O4Si2/c1-9-16-22-32(28-8,23-17-10-2)24-20-26(11-3)18-19-27(12-4)21-25-33(29-13-5,30-14-6)31-15-7/h9-25H2,1-8H3. The van der Waals surface area contributed by atoms with Gasteiger partial charge in [-0.2, -0.15) is 0 Å². The predicted molar refractivity (Wildman–Crippen MR) is 147 cm³/mol. The third kappa shape index (κ3) is 13.8. The molecule has 200 valence electrons. The molecule has 0 heterocycles. The highest BCUT2D eigenvalue weighted by Gasteiger charge is 2.40. The van der Waals surface area contributed by atoms with Crippen molar-refractivity contribution in [2.45, 2.75) is 98.3 Å². The Hall–Kier alpha value is 0.194. The zero-order valence-electron chi connectivity index (χ0n) is 23.5. The Bertz CT molecular complexity index is 422. The SMILES string of the molecule is CCCC[Si](CCCC)(CCN(CC)CCN(CC)CC[Si](OCC)(OCC)OCC)OC. The lowest BCUT2D eigenvalue weighted by molar-refractivity contribution is 0.0678. The van der Waals surface area contributed by atoms with Gasteiger partial charge in [-0.25, -0.2) is 0 Å². The molecular formula is C25H58N2O4Si2. The van der Waals surface area contributed by atoms with Gasteiger partial charge in [0.2, 0.25) is 0 Å². The third-order valence-electron chi connectivity index (χ3n) is 6.74. The molecule has 0 aliphatic carbocycles. The van der Waals surface area contributed by atoms with E-state index in [1.165, 1.54) is 43.8 Å². The van der Waals surface area contributed by atoms with Crippen LogP contribution in [0.4, 0.5) is 0 Å². The molecule has 0 saturated carbocycles. The van der Waals surface area contributed by atoms with Gasteiger partial charge in [-0.3, -0.25) is 0 Å². The smallest absolute Gasteiger partial charge is 0.420 e. The second-order valence-electron chi connectivity index (χ2n) is 8.94. The van der Waals surface area contributed by atoms with Crippen molar-refractivity contribution in [3.8, 4) is 0 Å². The van der Waals surface area contributed by atoms with E-state index in [4.69, 9.17) is 17.7 Å². The minimum Gasteiger partial charge on any atom is -0.420 e. The molecule has 0 aliphatic heterocycles. The van der Waals surface area contributed by atoms with Crippen LogP contribution < -0.4 is 0 Å². The number of likely N-dealkylation sites (N-methyl/N-ethyl adjacent to an activating group) is 2. The van der Waals surface area contributed by atoms with Gasteiger partial charge in [0.1, 0.15) is 0 Å². The fraction of sp³-hybridized carbons (Fsp3) is 1.00. The van der Waals surface area contributed by atoms with Crippen LogP contribution >= 0.6 is 0 Å². The molecule has 0 saturated heterocycles. The van der Waals surface area contributed by atoms with Crippen LogP contribution in [-0.2, 0) is 17.7 Å². The quantitative estimate of drug-likeness (QED) is 0.153. The number of unbranched alkanes of at least 4 members (excludes halogenated alkanes) is 2. The summed E-state index contributed by atoms with van der Waals surface area (Å²) in [6.07, 6.45) is 5.15. The molecule has 33 heavy (non-hydrogen) atoms. The molecule has 0 aromatic carbocycles. The van der Waals surface area contributed by atoms with Gasteiger partial charge in [0.05, 0.1) is 0 Å².